The van der Waals surface area contributed by atoms with E-state index in [-0.39, 0.29) is 24.0 Å². The van der Waals surface area contributed by atoms with E-state index < -0.39 is 0 Å². The van der Waals surface area contributed by atoms with Gasteiger partial charge in [-0.15, -0.1) is 0 Å². The molecule has 5 nitrogen and oxygen atoms in total. The van der Waals surface area contributed by atoms with Gasteiger partial charge in [-0.3, -0.25) is 9.79 Å². The van der Waals surface area contributed by atoms with Crippen LogP contribution in [0.1, 0.15) is 5.56 Å². The van der Waals surface area contributed by atoms with Crippen molar-refractivity contribution >= 4 is 12.1 Å². The van der Waals surface area contributed by atoms with Crippen LogP contribution in [0.5, 0.6) is 0 Å². The Morgan fingerprint density at radius 3 is 3.00 bits per heavy atom. The maximum Gasteiger partial charge on any atom is 0.226 e. The third-order valence-electron chi connectivity index (χ3n) is 3.48. The molecule has 1 amide bonds. The van der Waals surface area contributed by atoms with E-state index in [2.05, 4.69) is 26.6 Å². The number of carbonyl (C=O) groups is 1. The Balaban J connectivity index is 1.64. The second-order valence-electron chi connectivity index (χ2n) is 4.95. The Morgan fingerprint density at radius 1 is 1.30 bits per heavy atom. The van der Waals surface area contributed by atoms with Crippen molar-refractivity contribution in [2.45, 2.75) is 18.6 Å². The number of aliphatic imine (C=N–C) groups is 1. The lowest BCUT2D eigenvalue weighted by Crippen LogP contribution is -2.47. The molecule has 1 N–H and O–H groups in total. The van der Waals surface area contributed by atoms with E-state index in [0.29, 0.717) is 13.0 Å². The molecule has 0 bridgehead atoms. The minimum Gasteiger partial charge on any atom is -0.331 e. The Bertz CT molecular complexity index is 564. The molecule has 3 atom stereocenters. The van der Waals surface area contributed by atoms with Gasteiger partial charge >= 0.3 is 0 Å². The molecule has 20 heavy (non-hydrogen) atoms. The van der Waals surface area contributed by atoms with Gasteiger partial charge in [-0.1, -0.05) is 36.4 Å². The summed E-state index contributed by atoms with van der Waals surface area (Å²) in [5.74, 6) is 0.185. The van der Waals surface area contributed by atoms with Gasteiger partial charge < -0.3 is 5.32 Å². The number of amides is 1. The standard InChI is InChI=1S/C15H16N4O/c20-13(9-11-5-2-1-3-6-11)18-15-14-12(10-17-19-15)7-4-8-16-14/h1-8,12,14-15H,9-10H2,(H,18,20). The predicted octanol–water partition coefficient (Wildman–Crippen LogP) is 1.76. The molecule has 0 radical (unpaired) electrons. The Hall–Kier alpha value is -2.30. The highest BCUT2D eigenvalue weighted by molar-refractivity contribution is 5.79. The molecule has 3 unspecified atom stereocenters. The lowest BCUT2D eigenvalue weighted by atomic mass is 9.94. The zero-order chi connectivity index (χ0) is 13.8. The van der Waals surface area contributed by atoms with Crippen LogP contribution in [0.4, 0.5) is 0 Å². The first kappa shape index (κ1) is 12.7. The maximum atomic E-state index is 12.1. The molecular formula is C15H16N4O. The number of nitrogens with zero attached hydrogens (tertiary/aromatic N) is 3. The topological polar surface area (TPSA) is 66.2 Å². The molecule has 0 fully saturated rings. The van der Waals surface area contributed by atoms with Crippen LogP contribution in [0, 0.1) is 5.92 Å². The molecule has 1 aromatic rings. The first-order valence-corrected chi connectivity index (χ1v) is 6.73. The molecule has 102 valence electrons. The number of benzene rings is 1. The molecule has 2 aliphatic heterocycles. The summed E-state index contributed by atoms with van der Waals surface area (Å²) in [6, 6.07) is 9.63. The van der Waals surface area contributed by atoms with Gasteiger partial charge in [0.15, 0.2) is 6.17 Å². The minimum atomic E-state index is -0.355. The van der Waals surface area contributed by atoms with Gasteiger partial charge in [0.1, 0.15) is 6.04 Å². The van der Waals surface area contributed by atoms with E-state index in [1.807, 2.05) is 36.4 Å². The van der Waals surface area contributed by atoms with Gasteiger partial charge in [-0.25, -0.2) is 0 Å². The Kier molecular flexibility index (Phi) is 3.67. The van der Waals surface area contributed by atoms with E-state index in [4.69, 9.17) is 0 Å². The summed E-state index contributed by atoms with van der Waals surface area (Å²) < 4.78 is 0. The molecule has 2 heterocycles. The van der Waals surface area contributed by atoms with Crippen LogP contribution in [0.2, 0.25) is 0 Å². The van der Waals surface area contributed by atoms with Crippen molar-refractivity contribution in [2.24, 2.45) is 21.1 Å². The van der Waals surface area contributed by atoms with Crippen molar-refractivity contribution in [2.75, 3.05) is 6.54 Å². The molecule has 0 saturated carbocycles. The van der Waals surface area contributed by atoms with Gasteiger partial charge in [-0.05, 0) is 11.6 Å². The third kappa shape index (κ3) is 2.82. The molecule has 3 rings (SSSR count). The summed E-state index contributed by atoms with van der Waals surface area (Å²) in [4.78, 5) is 16.5. The van der Waals surface area contributed by atoms with E-state index >= 15 is 0 Å². The number of carbonyl (C=O) groups excluding carboxylic acids is 1. The summed E-state index contributed by atoms with van der Waals surface area (Å²) in [7, 11) is 0. The minimum absolute atomic E-state index is 0.0303. The number of fused-ring (bicyclic) bond motifs is 1. The van der Waals surface area contributed by atoms with Crippen molar-refractivity contribution in [1.29, 1.82) is 0 Å². The average molecular weight is 268 g/mol. The highest BCUT2D eigenvalue weighted by Crippen LogP contribution is 2.22. The van der Waals surface area contributed by atoms with Crippen LogP contribution >= 0.6 is 0 Å². The molecule has 0 aromatic heterocycles. The van der Waals surface area contributed by atoms with Gasteiger partial charge in [0.05, 0.1) is 13.0 Å². The number of dihydropyridines is 1. The van der Waals surface area contributed by atoms with Crippen LogP contribution in [0.3, 0.4) is 0 Å². The van der Waals surface area contributed by atoms with E-state index in [0.717, 1.165) is 5.56 Å². The molecule has 1 aromatic carbocycles. The van der Waals surface area contributed by atoms with Gasteiger partial charge in [0.2, 0.25) is 5.91 Å². The molecule has 0 aliphatic carbocycles. The van der Waals surface area contributed by atoms with E-state index in [1.54, 1.807) is 6.21 Å². The fraction of sp³-hybridized carbons (Fsp3) is 0.333. The van der Waals surface area contributed by atoms with Crippen LogP contribution in [0.25, 0.3) is 0 Å². The fourth-order valence-corrected chi connectivity index (χ4v) is 2.46. The summed E-state index contributed by atoms with van der Waals surface area (Å²) >= 11 is 0. The summed E-state index contributed by atoms with van der Waals surface area (Å²) in [6.45, 7) is 0.642. The van der Waals surface area contributed by atoms with Crippen LogP contribution in [-0.4, -0.2) is 30.9 Å². The zero-order valence-corrected chi connectivity index (χ0v) is 11.0. The second kappa shape index (κ2) is 5.77. The smallest absolute Gasteiger partial charge is 0.226 e. The largest absolute Gasteiger partial charge is 0.331 e. The van der Waals surface area contributed by atoms with Gasteiger partial charge in [0.25, 0.3) is 0 Å². The summed E-state index contributed by atoms with van der Waals surface area (Å²) in [5, 5.41) is 11.1. The lowest BCUT2D eigenvalue weighted by Gasteiger charge is -2.30. The summed E-state index contributed by atoms with van der Waals surface area (Å²) in [5.41, 5.74) is 0.987. The monoisotopic (exact) mass is 268 g/mol. The number of rotatable bonds is 3. The lowest BCUT2D eigenvalue weighted by molar-refractivity contribution is -0.121. The van der Waals surface area contributed by atoms with E-state index in [1.165, 1.54) is 0 Å². The highest BCUT2D eigenvalue weighted by atomic mass is 16.1. The molecule has 0 saturated heterocycles. The van der Waals surface area contributed by atoms with Crippen molar-refractivity contribution in [3.8, 4) is 0 Å². The fourth-order valence-electron chi connectivity index (χ4n) is 2.46. The molecule has 0 spiro atoms. The van der Waals surface area contributed by atoms with Gasteiger partial charge in [-0.2, -0.15) is 10.2 Å². The quantitative estimate of drug-likeness (QED) is 0.892. The van der Waals surface area contributed by atoms with Crippen LogP contribution in [-0.2, 0) is 11.2 Å². The molecule has 2 aliphatic rings. The SMILES string of the molecule is O=C(Cc1ccccc1)NC1N=NCC2C=CC=NC21. The maximum absolute atomic E-state index is 12.1. The average Bonchev–Trinajstić information content (AvgIpc) is 2.48. The molecule has 5 heteroatoms. The van der Waals surface area contributed by atoms with Gasteiger partial charge in [0, 0.05) is 12.1 Å². The normalized spacial score (nSPS) is 27.1. The third-order valence-corrected chi connectivity index (χ3v) is 3.48. The zero-order valence-electron chi connectivity index (χ0n) is 11.0. The Labute approximate surface area is 117 Å². The number of hydrogen-bond donors (Lipinski definition) is 1. The van der Waals surface area contributed by atoms with E-state index in [9.17, 15) is 4.79 Å². The second-order valence-corrected chi connectivity index (χ2v) is 4.95. The van der Waals surface area contributed by atoms with Crippen LogP contribution in [0.15, 0.2) is 57.7 Å². The van der Waals surface area contributed by atoms with Crippen molar-refractivity contribution < 1.29 is 4.79 Å². The van der Waals surface area contributed by atoms with Crippen molar-refractivity contribution in [1.82, 2.24) is 5.32 Å². The van der Waals surface area contributed by atoms with Crippen molar-refractivity contribution in [3.05, 3.63) is 48.0 Å². The first-order chi connectivity index (χ1) is 9.83. The number of azo groups is 1. The Morgan fingerprint density at radius 2 is 2.15 bits per heavy atom. The first-order valence-electron chi connectivity index (χ1n) is 6.73. The number of hydrogen-bond acceptors (Lipinski definition) is 4. The number of allylic oxidation sites excluding steroid dienone is 1. The molecular weight excluding hydrogens is 252 g/mol. The predicted molar refractivity (Wildman–Crippen MR) is 76.7 cm³/mol. The number of nitrogens with one attached hydrogen (secondary N) is 1. The van der Waals surface area contributed by atoms with Crippen molar-refractivity contribution in [3.63, 3.8) is 0 Å². The summed E-state index contributed by atoms with van der Waals surface area (Å²) in [6.07, 6.45) is 5.75. The van der Waals surface area contributed by atoms with Crippen LogP contribution < -0.4 is 5.32 Å². The highest BCUT2D eigenvalue weighted by Gasteiger charge is 2.32.